The molecule has 206 valence electrons. The van der Waals surface area contributed by atoms with E-state index in [4.69, 9.17) is 4.74 Å². The molecule has 0 bridgehead atoms. The van der Waals surface area contributed by atoms with E-state index < -0.39 is 29.2 Å². The summed E-state index contributed by atoms with van der Waals surface area (Å²) in [6.07, 6.45) is -3.25. The summed E-state index contributed by atoms with van der Waals surface area (Å²) in [5.41, 5.74) is 0.618. The minimum atomic E-state index is -4.62. The van der Waals surface area contributed by atoms with Crippen molar-refractivity contribution in [3.8, 4) is 22.5 Å². The summed E-state index contributed by atoms with van der Waals surface area (Å²) >= 11 is 0. The summed E-state index contributed by atoms with van der Waals surface area (Å²) in [6, 6.07) is 14.3. The Balaban J connectivity index is 1.63. The van der Waals surface area contributed by atoms with Crippen molar-refractivity contribution >= 4 is 17.7 Å². The van der Waals surface area contributed by atoms with Gasteiger partial charge in [-0.05, 0) is 61.7 Å². The highest BCUT2D eigenvalue weighted by molar-refractivity contribution is 6.10. The van der Waals surface area contributed by atoms with Crippen LogP contribution < -0.4 is 4.90 Å². The summed E-state index contributed by atoms with van der Waals surface area (Å²) in [4.78, 5) is 31.8. The third kappa shape index (κ3) is 5.31. The highest BCUT2D eigenvalue weighted by Crippen LogP contribution is 2.39. The molecule has 1 amide bonds. The number of fused-ring (bicyclic) bond motifs is 1. The van der Waals surface area contributed by atoms with E-state index >= 15 is 0 Å². The number of amides is 1. The van der Waals surface area contributed by atoms with Crippen LogP contribution in [-0.2, 0) is 35.7 Å². The van der Waals surface area contributed by atoms with Crippen molar-refractivity contribution in [3.63, 3.8) is 0 Å². The number of carbonyl (C=O) groups is 2. The van der Waals surface area contributed by atoms with E-state index in [1.54, 1.807) is 50.8 Å². The molecule has 3 heterocycles. The van der Waals surface area contributed by atoms with Crippen molar-refractivity contribution in [2.24, 2.45) is 7.05 Å². The lowest BCUT2D eigenvalue weighted by Crippen LogP contribution is -2.26. The largest absolute Gasteiger partial charge is 0.460 e. The quantitative estimate of drug-likeness (QED) is 0.301. The highest BCUT2D eigenvalue weighted by atomic mass is 19.4. The van der Waals surface area contributed by atoms with E-state index in [0.29, 0.717) is 22.6 Å². The Kier molecular flexibility index (Phi) is 6.69. The average molecular weight is 550 g/mol. The lowest BCUT2D eigenvalue weighted by atomic mass is 9.98. The van der Waals surface area contributed by atoms with Crippen LogP contribution in [0, 0.1) is 0 Å². The molecule has 0 saturated heterocycles. The first-order chi connectivity index (χ1) is 18.8. The van der Waals surface area contributed by atoms with Gasteiger partial charge in [0, 0.05) is 18.2 Å². The number of esters is 1. The van der Waals surface area contributed by atoms with Crippen LogP contribution in [-0.4, -0.2) is 37.2 Å². The molecule has 1 aliphatic rings. The number of aryl methyl sites for hydroxylation is 1. The molecule has 0 atom stereocenters. The molecule has 0 saturated carbocycles. The smallest absolute Gasteiger partial charge is 0.416 e. The minimum Gasteiger partial charge on any atom is -0.460 e. The molecule has 0 fully saturated rings. The molecule has 0 radical (unpaired) electrons. The zero-order valence-electron chi connectivity index (χ0n) is 22.3. The normalized spacial score (nSPS) is 13.5. The summed E-state index contributed by atoms with van der Waals surface area (Å²) in [5.74, 6) is -0.420. The number of hydrogen-bond acceptors (Lipinski definition) is 6. The van der Waals surface area contributed by atoms with Gasteiger partial charge in [0.15, 0.2) is 5.82 Å². The number of rotatable bonds is 5. The van der Waals surface area contributed by atoms with Crippen molar-refractivity contribution in [1.29, 1.82) is 0 Å². The van der Waals surface area contributed by atoms with Crippen molar-refractivity contribution in [2.75, 3.05) is 4.90 Å². The second kappa shape index (κ2) is 9.89. The van der Waals surface area contributed by atoms with Gasteiger partial charge >= 0.3 is 12.1 Å². The average Bonchev–Trinajstić information content (AvgIpc) is 3.45. The summed E-state index contributed by atoms with van der Waals surface area (Å²) < 4.78 is 48.4. The zero-order chi connectivity index (χ0) is 28.8. The number of nitrogens with zero attached hydrogens (tertiary/aromatic N) is 5. The number of pyridine rings is 1. The van der Waals surface area contributed by atoms with Crippen LogP contribution in [0.1, 0.15) is 48.0 Å². The Hall–Kier alpha value is -4.54. The zero-order valence-corrected chi connectivity index (χ0v) is 22.3. The molecule has 2 aromatic heterocycles. The molecular formula is C29H26F3N5O3. The predicted molar refractivity (Wildman–Crippen MR) is 141 cm³/mol. The Bertz CT molecular complexity index is 1620. The van der Waals surface area contributed by atoms with Crippen molar-refractivity contribution < 1.29 is 27.5 Å². The van der Waals surface area contributed by atoms with Gasteiger partial charge in [0.25, 0.3) is 5.91 Å². The predicted octanol–water partition coefficient (Wildman–Crippen LogP) is 5.61. The maximum absolute atomic E-state index is 13.7. The second-order valence-corrected chi connectivity index (χ2v) is 10.5. The number of carbonyl (C=O) groups excluding carboxylic acids is 2. The van der Waals surface area contributed by atoms with Crippen LogP contribution in [0.2, 0.25) is 0 Å². The second-order valence-electron chi connectivity index (χ2n) is 10.5. The van der Waals surface area contributed by atoms with Gasteiger partial charge in [0.05, 0.1) is 24.2 Å². The maximum Gasteiger partial charge on any atom is 0.416 e. The molecule has 11 heteroatoms. The van der Waals surface area contributed by atoms with E-state index in [1.807, 2.05) is 24.3 Å². The first-order valence-electron chi connectivity index (χ1n) is 12.5. The van der Waals surface area contributed by atoms with E-state index in [0.717, 1.165) is 11.6 Å². The van der Waals surface area contributed by atoms with Gasteiger partial charge in [-0.2, -0.15) is 13.2 Å². The van der Waals surface area contributed by atoms with Crippen LogP contribution in [0.5, 0.6) is 0 Å². The van der Waals surface area contributed by atoms with Crippen molar-refractivity contribution in [1.82, 2.24) is 19.7 Å². The van der Waals surface area contributed by atoms with Gasteiger partial charge in [0.1, 0.15) is 17.7 Å². The monoisotopic (exact) mass is 549 g/mol. The number of ether oxygens (including phenoxy) is 1. The molecule has 5 rings (SSSR count). The number of benzene rings is 2. The fourth-order valence-electron chi connectivity index (χ4n) is 4.72. The molecule has 8 nitrogen and oxygen atoms in total. The fraction of sp³-hybridized carbons (Fsp3) is 0.276. The number of aromatic nitrogens is 4. The maximum atomic E-state index is 13.7. The number of halogens is 3. The van der Waals surface area contributed by atoms with Crippen molar-refractivity contribution in [3.05, 3.63) is 83.3 Å². The molecule has 1 aliphatic heterocycles. The highest BCUT2D eigenvalue weighted by Gasteiger charge is 2.40. The van der Waals surface area contributed by atoms with E-state index in [2.05, 4.69) is 15.2 Å². The van der Waals surface area contributed by atoms with Gasteiger partial charge < -0.3 is 9.30 Å². The Morgan fingerprint density at radius 3 is 2.35 bits per heavy atom. The Labute approximate surface area is 228 Å². The topological polar surface area (TPSA) is 90.2 Å². The van der Waals surface area contributed by atoms with Crippen LogP contribution in [0.25, 0.3) is 22.5 Å². The third-order valence-corrected chi connectivity index (χ3v) is 6.35. The standard InChI is InChI=1S/C29H26F3N5O3/c1-28(2,3)40-25(38)14-18-12-17(19-8-5-6-9-20(19)26-35-33-16-36(26)4)13-24(34-18)37-15-22-21(27(37)39)10-7-11-23(22)29(30,31)32/h5-13,16H,14-15H2,1-4H3. The van der Waals surface area contributed by atoms with Gasteiger partial charge in [-0.15, -0.1) is 10.2 Å². The first kappa shape index (κ1) is 27.0. The number of anilines is 1. The first-order valence-corrected chi connectivity index (χ1v) is 12.5. The van der Waals surface area contributed by atoms with E-state index in [-0.39, 0.29) is 29.9 Å². The van der Waals surface area contributed by atoms with Crippen LogP contribution >= 0.6 is 0 Å². The number of alkyl halides is 3. The van der Waals surface area contributed by atoms with Crippen molar-refractivity contribution in [2.45, 2.75) is 45.5 Å². The van der Waals surface area contributed by atoms with Gasteiger partial charge in [0.2, 0.25) is 0 Å². The molecule has 40 heavy (non-hydrogen) atoms. The SMILES string of the molecule is Cn1cnnc1-c1ccccc1-c1cc(CC(=O)OC(C)(C)C)nc(N2Cc3c(cccc3C(F)(F)F)C2=O)c1. The Morgan fingerprint density at radius 1 is 1.00 bits per heavy atom. The van der Waals surface area contributed by atoms with E-state index in [1.165, 1.54) is 17.0 Å². The molecule has 0 unspecified atom stereocenters. The van der Waals surface area contributed by atoms with Gasteiger partial charge in [-0.3, -0.25) is 14.5 Å². The summed E-state index contributed by atoms with van der Waals surface area (Å²) in [5, 5.41) is 8.17. The van der Waals surface area contributed by atoms with E-state index in [9.17, 15) is 22.8 Å². The van der Waals surface area contributed by atoms with Crippen LogP contribution in [0.3, 0.4) is 0 Å². The van der Waals surface area contributed by atoms with Crippen LogP contribution in [0.4, 0.5) is 19.0 Å². The lowest BCUT2D eigenvalue weighted by molar-refractivity contribution is -0.154. The summed E-state index contributed by atoms with van der Waals surface area (Å²) in [7, 11) is 1.80. The summed E-state index contributed by atoms with van der Waals surface area (Å²) in [6.45, 7) is 4.93. The third-order valence-electron chi connectivity index (χ3n) is 6.35. The molecule has 0 aliphatic carbocycles. The molecule has 2 aromatic carbocycles. The van der Waals surface area contributed by atoms with Gasteiger partial charge in [-0.1, -0.05) is 30.3 Å². The van der Waals surface area contributed by atoms with Crippen LogP contribution in [0.15, 0.2) is 60.9 Å². The minimum absolute atomic E-state index is 0.0322. The fourth-order valence-corrected chi connectivity index (χ4v) is 4.72. The lowest BCUT2D eigenvalue weighted by Gasteiger charge is -2.21. The number of hydrogen-bond donors (Lipinski definition) is 0. The molecule has 0 N–H and O–H groups in total. The molecule has 0 spiro atoms. The molecular weight excluding hydrogens is 523 g/mol. The van der Waals surface area contributed by atoms with Gasteiger partial charge in [-0.25, -0.2) is 4.98 Å². The molecule has 4 aromatic rings. The Morgan fingerprint density at radius 2 is 1.70 bits per heavy atom.